The van der Waals surface area contributed by atoms with Crippen LogP contribution in [0.2, 0.25) is 0 Å². The number of carbonyl (C=O) groups excluding carboxylic acids is 1. The highest BCUT2D eigenvalue weighted by molar-refractivity contribution is 5.95. The summed E-state index contributed by atoms with van der Waals surface area (Å²) >= 11 is 0. The van der Waals surface area contributed by atoms with Crippen molar-refractivity contribution >= 4 is 18.1 Å². The molecule has 0 aliphatic carbocycles. The van der Waals surface area contributed by atoms with E-state index in [9.17, 15) is 22.8 Å². The number of carbonyl (C=O) groups is 2. The monoisotopic (exact) mass is 401 g/mol. The molecule has 1 heterocycles. The van der Waals surface area contributed by atoms with Crippen LogP contribution in [-0.4, -0.2) is 27.8 Å². The highest BCUT2D eigenvalue weighted by Crippen LogP contribution is 2.29. The van der Waals surface area contributed by atoms with E-state index in [1.807, 2.05) is 0 Å². The average molecular weight is 401 g/mol. The number of nitrogens with zero attached hydrogens (tertiary/aromatic N) is 2. The van der Waals surface area contributed by atoms with Gasteiger partial charge in [0.05, 0.1) is 23.0 Å². The lowest BCUT2D eigenvalue weighted by Gasteiger charge is -2.08. The molecule has 0 aliphatic heterocycles. The number of hydrogen-bond acceptors (Lipinski definition) is 3. The lowest BCUT2D eigenvalue weighted by Crippen LogP contribution is -2.18. The molecule has 9 heteroatoms. The van der Waals surface area contributed by atoms with Gasteiger partial charge in [0.15, 0.2) is 0 Å². The second-order valence-corrected chi connectivity index (χ2v) is 5.93. The second-order valence-electron chi connectivity index (χ2n) is 5.93. The molecule has 3 aromatic rings. The van der Waals surface area contributed by atoms with Crippen molar-refractivity contribution in [2.75, 3.05) is 0 Å². The Hall–Kier alpha value is -3.88. The van der Waals surface area contributed by atoms with Crippen LogP contribution in [0.4, 0.5) is 13.2 Å². The summed E-state index contributed by atoms with van der Waals surface area (Å²) in [6.45, 7) is 0. The van der Waals surface area contributed by atoms with Gasteiger partial charge in [-0.3, -0.25) is 4.79 Å². The molecule has 29 heavy (non-hydrogen) atoms. The zero-order valence-electron chi connectivity index (χ0n) is 14.7. The number of benzene rings is 2. The Morgan fingerprint density at radius 2 is 1.72 bits per heavy atom. The molecule has 0 fully saturated rings. The Morgan fingerprint density at radius 3 is 2.38 bits per heavy atom. The molecule has 3 rings (SSSR count). The Kier molecular flexibility index (Phi) is 5.49. The summed E-state index contributed by atoms with van der Waals surface area (Å²) in [6.07, 6.45) is -1.50. The van der Waals surface area contributed by atoms with Crippen molar-refractivity contribution in [3.8, 4) is 5.69 Å². The molecule has 0 spiro atoms. The number of aromatic nitrogens is 1. The number of alkyl halides is 3. The van der Waals surface area contributed by atoms with Crippen molar-refractivity contribution in [3.05, 3.63) is 89.2 Å². The zero-order chi connectivity index (χ0) is 21.0. The largest absolute Gasteiger partial charge is 0.478 e. The Labute approximate surface area is 162 Å². The number of aromatic carboxylic acids is 1. The Balaban J connectivity index is 1.73. The zero-order valence-corrected chi connectivity index (χ0v) is 14.7. The van der Waals surface area contributed by atoms with Crippen molar-refractivity contribution in [2.45, 2.75) is 6.18 Å². The van der Waals surface area contributed by atoms with Crippen LogP contribution in [0.5, 0.6) is 0 Å². The van der Waals surface area contributed by atoms with Crippen molar-refractivity contribution in [1.29, 1.82) is 0 Å². The first-order valence-corrected chi connectivity index (χ1v) is 8.27. The first-order chi connectivity index (χ1) is 13.8. The van der Waals surface area contributed by atoms with E-state index in [1.165, 1.54) is 24.4 Å². The van der Waals surface area contributed by atoms with Gasteiger partial charge in [-0.1, -0.05) is 6.07 Å². The van der Waals surface area contributed by atoms with Crippen LogP contribution in [0.1, 0.15) is 32.0 Å². The lowest BCUT2D eigenvalue weighted by atomic mass is 10.1. The van der Waals surface area contributed by atoms with Crippen LogP contribution in [0, 0.1) is 0 Å². The molecule has 1 aromatic heterocycles. The summed E-state index contributed by atoms with van der Waals surface area (Å²) in [5.74, 6) is -1.82. The van der Waals surface area contributed by atoms with Gasteiger partial charge in [-0.05, 0) is 54.6 Å². The summed E-state index contributed by atoms with van der Waals surface area (Å²) in [4.78, 5) is 23.0. The molecule has 1 amide bonds. The Bertz CT molecular complexity index is 1070. The maximum Gasteiger partial charge on any atom is 0.416 e. The third kappa shape index (κ3) is 4.70. The molecule has 0 saturated carbocycles. The number of hydrogen-bond donors (Lipinski definition) is 2. The van der Waals surface area contributed by atoms with Gasteiger partial charge < -0.3 is 9.67 Å². The predicted octanol–water partition coefficient (Wildman–Crippen LogP) is 3.96. The number of amides is 1. The third-order valence-corrected chi connectivity index (χ3v) is 3.99. The fourth-order valence-electron chi connectivity index (χ4n) is 2.56. The van der Waals surface area contributed by atoms with E-state index < -0.39 is 23.6 Å². The van der Waals surface area contributed by atoms with Crippen LogP contribution in [0.25, 0.3) is 5.69 Å². The quantitative estimate of drug-likeness (QED) is 0.502. The summed E-state index contributed by atoms with van der Waals surface area (Å²) < 4.78 is 39.9. The molecular weight excluding hydrogens is 387 g/mol. The molecule has 2 aromatic carbocycles. The van der Waals surface area contributed by atoms with Crippen molar-refractivity contribution in [1.82, 2.24) is 9.99 Å². The SMILES string of the molecule is O=C(O)c1ccc(-n2cccc2/C=N/NC(=O)c2cccc(C(F)(F)F)c2)cc1. The second kappa shape index (κ2) is 8.01. The van der Waals surface area contributed by atoms with Gasteiger partial charge in [-0.25, -0.2) is 10.2 Å². The number of halogens is 3. The maximum absolute atomic E-state index is 12.7. The standard InChI is InChI=1S/C20H14F3N3O3/c21-20(22,23)15-4-1-3-14(11-15)18(27)25-24-12-17-5-2-10-26(17)16-8-6-13(7-9-16)19(28)29/h1-12H,(H,25,27)(H,28,29)/b24-12+. The molecule has 0 aliphatic rings. The average Bonchev–Trinajstić information content (AvgIpc) is 3.16. The van der Waals surface area contributed by atoms with E-state index in [0.29, 0.717) is 11.4 Å². The molecule has 6 nitrogen and oxygen atoms in total. The van der Waals surface area contributed by atoms with Crippen LogP contribution < -0.4 is 5.43 Å². The minimum Gasteiger partial charge on any atom is -0.478 e. The first kappa shape index (κ1) is 19.9. The summed E-state index contributed by atoms with van der Waals surface area (Å²) in [6, 6.07) is 13.6. The molecule has 148 valence electrons. The van der Waals surface area contributed by atoms with Crippen molar-refractivity contribution in [2.24, 2.45) is 5.10 Å². The molecular formula is C20H14F3N3O3. The number of rotatable bonds is 5. The van der Waals surface area contributed by atoms with Crippen molar-refractivity contribution < 1.29 is 27.9 Å². The van der Waals surface area contributed by atoms with Crippen molar-refractivity contribution in [3.63, 3.8) is 0 Å². The highest BCUT2D eigenvalue weighted by Gasteiger charge is 2.30. The van der Waals surface area contributed by atoms with Gasteiger partial charge in [0, 0.05) is 17.4 Å². The van der Waals surface area contributed by atoms with Gasteiger partial charge in [0.2, 0.25) is 0 Å². The van der Waals surface area contributed by atoms with Gasteiger partial charge >= 0.3 is 12.1 Å². The maximum atomic E-state index is 12.7. The Morgan fingerprint density at radius 1 is 1.00 bits per heavy atom. The van der Waals surface area contributed by atoms with E-state index in [1.54, 1.807) is 35.0 Å². The molecule has 0 radical (unpaired) electrons. The molecule has 0 atom stereocenters. The topological polar surface area (TPSA) is 83.7 Å². The molecule has 0 unspecified atom stereocenters. The number of hydrazone groups is 1. The molecule has 0 bridgehead atoms. The fraction of sp³-hybridized carbons (Fsp3) is 0.0500. The smallest absolute Gasteiger partial charge is 0.416 e. The minimum atomic E-state index is -4.55. The van der Waals surface area contributed by atoms with Crippen LogP contribution >= 0.6 is 0 Å². The van der Waals surface area contributed by atoms with Crippen LogP contribution in [0.15, 0.2) is 72.0 Å². The van der Waals surface area contributed by atoms with Crippen LogP contribution in [0.3, 0.4) is 0 Å². The fourth-order valence-corrected chi connectivity index (χ4v) is 2.56. The minimum absolute atomic E-state index is 0.143. The van der Waals surface area contributed by atoms with E-state index in [4.69, 9.17) is 5.11 Å². The summed E-state index contributed by atoms with van der Waals surface area (Å²) in [5.41, 5.74) is 2.48. The van der Waals surface area contributed by atoms with Gasteiger partial charge in [-0.15, -0.1) is 0 Å². The van der Waals surface area contributed by atoms with E-state index in [0.717, 1.165) is 18.2 Å². The van der Waals surface area contributed by atoms with Gasteiger partial charge in [0.1, 0.15) is 0 Å². The summed E-state index contributed by atoms with van der Waals surface area (Å²) in [5, 5.41) is 12.7. The number of nitrogens with one attached hydrogen (secondary N) is 1. The normalized spacial score (nSPS) is 11.6. The van der Waals surface area contributed by atoms with E-state index in [-0.39, 0.29) is 11.1 Å². The highest BCUT2D eigenvalue weighted by atomic mass is 19.4. The van der Waals surface area contributed by atoms with Gasteiger partial charge in [-0.2, -0.15) is 18.3 Å². The lowest BCUT2D eigenvalue weighted by molar-refractivity contribution is -0.137. The predicted molar refractivity (Wildman–Crippen MR) is 99.2 cm³/mol. The number of carboxylic acids is 1. The number of carboxylic acid groups (broad SMARTS) is 1. The summed E-state index contributed by atoms with van der Waals surface area (Å²) in [7, 11) is 0. The van der Waals surface area contributed by atoms with E-state index in [2.05, 4.69) is 10.5 Å². The van der Waals surface area contributed by atoms with Gasteiger partial charge in [0.25, 0.3) is 5.91 Å². The molecule has 2 N–H and O–H groups in total. The van der Waals surface area contributed by atoms with Crippen LogP contribution in [-0.2, 0) is 6.18 Å². The van der Waals surface area contributed by atoms with E-state index >= 15 is 0 Å². The third-order valence-electron chi connectivity index (χ3n) is 3.99. The molecule has 0 saturated heterocycles. The first-order valence-electron chi connectivity index (χ1n) is 8.27.